The van der Waals surface area contributed by atoms with E-state index in [-0.39, 0.29) is 30.6 Å². The Kier molecular flexibility index (Phi) is 7.72. The van der Waals surface area contributed by atoms with Gasteiger partial charge in [0.05, 0.1) is 24.3 Å². The largest absolute Gasteiger partial charge is 0.350 e. The topological polar surface area (TPSA) is 105 Å². The van der Waals surface area contributed by atoms with Crippen molar-refractivity contribution in [1.82, 2.24) is 19.8 Å². The second-order valence-corrected chi connectivity index (χ2v) is 11.0. The molecule has 3 amide bonds. The summed E-state index contributed by atoms with van der Waals surface area (Å²) in [5.74, 6) is -0.187. The number of carbonyl (C=O) groups is 2. The summed E-state index contributed by atoms with van der Waals surface area (Å²) in [4.78, 5) is 33.4. The Hall–Kier alpha value is -3.36. The second-order valence-electron chi connectivity index (χ2n) is 10.5. The summed E-state index contributed by atoms with van der Waals surface area (Å²) < 4.78 is 2.09. The van der Waals surface area contributed by atoms with E-state index in [1.165, 1.54) is 16.7 Å². The second kappa shape index (κ2) is 11.2. The molecule has 0 radical (unpaired) electrons. The minimum Gasteiger partial charge on any atom is -0.350 e. The van der Waals surface area contributed by atoms with Crippen LogP contribution in [-0.2, 0) is 24.3 Å². The fourth-order valence-corrected chi connectivity index (χ4v) is 5.58. The molecule has 2 aromatic carbocycles. The molecule has 1 aliphatic heterocycles. The fourth-order valence-electron chi connectivity index (χ4n) is 5.45. The van der Waals surface area contributed by atoms with Gasteiger partial charge in [-0.3, -0.25) is 4.79 Å². The van der Waals surface area contributed by atoms with E-state index < -0.39 is 6.04 Å². The molecule has 1 aromatic heterocycles. The van der Waals surface area contributed by atoms with Gasteiger partial charge in [0, 0.05) is 35.8 Å². The number of amides is 3. The Balaban J connectivity index is 1.41. The fraction of sp³-hybridized carbons (Fsp3) is 0.414. The summed E-state index contributed by atoms with van der Waals surface area (Å²) in [6.45, 7) is 5.10. The third kappa shape index (κ3) is 5.71. The van der Waals surface area contributed by atoms with Crippen molar-refractivity contribution in [3.8, 4) is 0 Å². The highest BCUT2D eigenvalue weighted by atomic mass is 35.5. The van der Waals surface area contributed by atoms with Gasteiger partial charge in [-0.2, -0.15) is 0 Å². The number of rotatable bonds is 5. The Morgan fingerprint density at radius 1 is 1.11 bits per heavy atom. The van der Waals surface area contributed by atoms with Crippen LogP contribution in [0.5, 0.6) is 0 Å². The highest BCUT2D eigenvalue weighted by Gasteiger charge is 2.38. The van der Waals surface area contributed by atoms with Gasteiger partial charge in [0.25, 0.3) is 0 Å². The third-order valence-corrected chi connectivity index (χ3v) is 8.02. The monoisotopic (exact) mass is 534 g/mol. The maximum absolute atomic E-state index is 13.6. The van der Waals surface area contributed by atoms with Crippen molar-refractivity contribution in [3.63, 3.8) is 0 Å². The summed E-state index contributed by atoms with van der Waals surface area (Å²) >= 11 is 6.02. The van der Waals surface area contributed by atoms with Crippen LogP contribution in [0.1, 0.15) is 53.8 Å². The van der Waals surface area contributed by atoms with Crippen molar-refractivity contribution in [2.45, 2.75) is 77.2 Å². The molecule has 1 fully saturated rings. The van der Waals surface area contributed by atoms with Crippen molar-refractivity contribution in [2.24, 2.45) is 5.73 Å². The first-order chi connectivity index (χ1) is 18.3. The molecule has 9 heteroatoms. The molecule has 2 heterocycles. The number of nitrogens with two attached hydrogens (primary N) is 1. The normalized spacial score (nSPS) is 21.1. The molecular formula is C29H35ClN6O2. The van der Waals surface area contributed by atoms with Gasteiger partial charge >= 0.3 is 6.03 Å². The number of benzene rings is 2. The lowest BCUT2D eigenvalue weighted by Gasteiger charge is -2.37. The smallest absolute Gasteiger partial charge is 0.322 e. The van der Waals surface area contributed by atoms with E-state index in [0.29, 0.717) is 23.7 Å². The quantitative estimate of drug-likeness (QED) is 0.446. The number of imidazole rings is 1. The highest BCUT2D eigenvalue weighted by Crippen LogP contribution is 2.27. The van der Waals surface area contributed by atoms with Crippen LogP contribution in [0.15, 0.2) is 48.8 Å². The van der Waals surface area contributed by atoms with Crippen LogP contribution < -0.4 is 16.4 Å². The van der Waals surface area contributed by atoms with Gasteiger partial charge < -0.3 is 25.8 Å². The third-order valence-electron chi connectivity index (χ3n) is 7.77. The number of hydrogen-bond acceptors (Lipinski definition) is 4. The molecule has 0 saturated heterocycles. The number of carbonyl (C=O) groups excluding carboxylic acids is 2. The van der Waals surface area contributed by atoms with E-state index in [4.69, 9.17) is 17.3 Å². The first kappa shape index (κ1) is 26.3. The molecule has 1 saturated carbocycles. The summed E-state index contributed by atoms with van der Waals surface area (Å²) in [5.41, 5.74) is 12.3. The summed E-state index contributed by atoms with van der Waals surface area (Å²) in [7, 11) is 0. The van der Waals surface area contributed by atoms with Crippen molar-refractivity contribution < 1.29 is 9.59 Å². The minimum atomic E-state index is -0.687. The number of anilines is 1. The van der Waals surface area contributed by atoms with Gasteiger partial charge in [0.2, 0.25) is 5.91 Å². The summed E-state index contributed by atoms with van der Waals surface area (Å²) in [6, 6.07) is 12.2. The molecule has 3 aromatic rings. The van der Waals surface area contributed by atoms with Crippen molar-refractivity contribution in [2.75, 3.05) is 5.32 Å². The Morgan fingerprint density at radius 2 is 1.87 bits per heavy atom. The van der Waals surface area contributed by atoms with Gasteiger partial charge in [-0.15, -0.1) is 0 Å². The lowest BCUT2D eigenvalue weighted by Crippen LogP contribution is -2.58. The van der Waals surface area contributed by atoms with Gasteiger partial charge in [-0.05, 0) is 62.1 Å². The molecule has 8 nitrogen and oxygen atoms in total. The lowest BCUT2D eigenvalue weighted by atomic mass is 9.90. The maximum Gasteiger partial charge on any atom is 0.322 e. The van der Waals surface area contributed by atoms with Crippen LogP contribution in [0.2, 0.25) is 5.02 Å². The number of nitrogens with one attached hydrogen (secondary N) is 2. The van der Waals surface area contributed by atoms with Gasteiger partial charge in [0.1, 0.15) is 6.04 Å². The number of aryl methyl sites for hydroxylation is 2. The van der Waals surface area contributed by atoms with Crippen LogP contribution in [0, 0.1) is 13.8 Å². The summed E-state index contributed by atoms with van der Waals surface area (Å²) in [6.07, 6.45) is 6.02. The zero-order valence-electron chi connectivity index (χ0n) is 21.9. The Morgan fingerprint density at radius 3 is 2.63 bits per heavy atom. The van der Waals surface area contributed by atoms with Crippen LogP contribution in [0.3, 0.4) is 0 Å². The first-order valence-corrected chi connectivity index (χ1v) is 13.6. The van der Waals surface area contributed by atoms with Crippen molar-refractivity contribution >= 4 is 29.2 Å². The van der Waals surface area contributed by atoms with Crippen LogP contribution in [-0.4, -0.2) is 44.5 Å². The van der Waals surface area contributed by atoms with Crippen LogP contribution >= 0.6 is 11.6 Å². The van der Waals surface area contributed by atoms with E-state index in [9.17, 15) is 9.59 Å². The zero-order chi connectivity index (χ0) is 26.8. The summed E-state index contributed by atoms with van der Waals surface area (Å²) in [5, 5.41) is 6.67. The predicted octanol–water partition coefficient (Wildman–Crippen LogP) is 4.55. The lowest BCUT2D eigenvalue weighted by molar-refractivity contribution is -0.127. The van der Waals surface area contributed by atoms with E-state index in [1.807, 2.05) is 6.33 Å². The van der Waals surface area contributed by atoms with Gasteiger partial charge in [-0.1, -0.05) is 48.2 Å². The minimum absolute atomic E-state index is 0.0695. The number of urea groups is 1. The average Bonchev–Trinajstić information content (AvgIpc) is 3.29. The highest BCUT2D eigenvalue weighted by molar-refractivity contribution is 6.30. The Bertz CT molecular complexity index is 1320. The van der Waals surface area contributed by atoms with E-state index >= 15 is 0 Å². The molecule has 200 valence electrons. The van der Waals surface area contributed by atoms with E-state index in [0.717, 1.165) is 37.1 Å². The average molecular weight is 535 g/mol. The van der Waals surface area contributed by atoms with Crippen molar-refractivity contribution in [3.05, 3.63) is 81.9 Å². The SMILES string of the molecule is Cc1ccc(C)c(Cn2cnc3c2CN(C(=O)Nc2ccc(Cl)cc2)C(C(=O)NC2CCCCC2N)C3)c1. The Labute approximate surface area is 228 Å². The molecule has 0 spiro atoms. The van der Waals surface area contributed by atoms with E-state index in [2.05, 4.69) is 52.2 Å². The molecule has 38 heavy (non-hydrogen) atoms. The molecule has 4 N–H and O–H groups in total. The van der Waals surface area contributed by atoms with Gasteiger partial charge in [0.15, 0.2) is 0 Å². The van der Waals surface area contributed by atoms with Crippen molar-refractivity contribution in [1.29, 1.82) is 0 Å². The van der Waals surface area contributed by atoms with Crippen LogP contribution in [0.4, 0.5) is 10.5 Å². The molecular weight excluding hydrogens is 500 g/mol. The standard InChI is InChI=1S/C29H35ClN6O2/c1-18-7-8-19(2)20(13-18)15-35-17-32-25-14-26(28(37)34-24-6-4-3-5-23(24)31)36(16-27(25)35)29(38)33-22-11-9-21(30)10-12-22/h7-13,17,23-24,26H,3-6,14-16,31H2,1-2H3,(H,33,38)(H,34,37). The van der Waals surface area contributed by atoms with E-state index in [1.54, 1.807) is 29.2 Å². The maximum atomic E-state index is 13.6. The number of halogens is 1. The number of nitrogens with zero attached hydrogens (tertiary/aromatic N) is 3. The molecule has 0 bridgehead atoms. The van der Waals surface area contributed by atoms with Gasteiger partial charge in [-0.25, -0.2) is 9.78 Å². The molecule has 5 rings (SSSR count). The van der Waals surface area contributed by atoms with Crippen LogP contribution in [0.25, 0.3) is 0 Å². The molecule has 2 aliphatic rings. The zero-order valence-corrected chi connectivity index (χ0v) is 22.7. The number of aromatic nitrogens is 2. The molecule has 1 aliphatic carbocycles. The molecule has 3 unspecified atom stereocenters. The number of fused-ring (bicyclic) bond motifs is 1. The first-order valence-electron chi connectivity index (χ1n) is 13.3. The molecule has 3 atom stereocenters. The predicted molar refractivity (Wildman–Crippen MR) is 149 cm³/mol. The number of hydrogen-bond donors (Lipinski definition) is 3.